The summed E-state index contributed by atoms with van der Waals surface area (Å²) in [7, 11) is 3.04. The van der Waals surface area contributed by atoms with Crippen molar-refractivity contribution >= 4 is 11.7 Å². The first-order chi connectivity index (χ1) is 12.6. The average molecular weight is 352 g/mol. The van der Waals surface area contributed by atoms with E-state index in [-0.39, 0.29) is 5.82 Å². The van der Waals surface area contributed by atoms with Crippen molar-refractivity contribution in [1.29, 1.82) is 0 Å². The molecular formula is C18H16N4O4. The fourth-order valence-electron chi connectivity index (χ4n) is 2.36. The van der Waals surface area contributed by atoms with Crippen molar-refractivity contribution in [3.8, 4) is 17.2 Å². The zero-order valence-electron chi connectivity index (χ0n) is 14.2. The first-order valence-electron chi connectivity index (χ1n) is 7.65. The minimum absolute atomic E-state index is 0.0795. The molecule has 3 aromatic rings. The van der Waals surface area contributed by atoms with Gasteiger partial charge in [0.2, 0.25) is 0 Å². The molecule has 0 aliphatic rings. The van der Waals surface area contributed by atoms with Crippen LogP contribution in [-0.2, 0) is 0 Å². The maximum atomic E-state index is 12.7. The van der Waals surface area contributed by atoms with Gasteiger partial charge in [-0.25, -0.2) is 4.98 Å². The van der Waals surface area contributed by atoms with Crippen LogP contribution in [0.4, 0.5) is 5.82 Å². The summed E-state index contributed by atoms with van der Waals surface area (Å²) >= 11 is 0. The normalized spacial score (nSPS) is 10.2. The number of benzene rings is 1. The number of ether oxygens (including phenoxy) is 2. The quantitative estimate of drug-likeness (QED) is 0.753. The van der Waals surface area contributed by atoms with Gasteiger partial charge < -0.3 is 14.8 Å². The Kier molecular flexibility index (Phi) is 4.93. The van der Waals surface area contributed by atoms with Crippen molar-refractivity contribution in [1.82, 2.24) is 14.5 Å². The molecule has 0 fully saturated rings. The lowest BCUT2D eigenvalue weighted by Gasteiger charge is -2.12. The summed E-state index contributed by atoms with van der Waals surface area (Å²) in [6, 6.07) is 8.15. The van der Waals surface area contributed by atoms with Gasteiger partial charge in [-0.3, -0.25) is 19.1 Å². The fourth-order valence-corrected chi connectivity index (χ4v) is 2.36. The largest absolute Gasteiger partial charge is 0.493 e. The van der Waals surface area contributed by atoms with E-state index in [1.54, 1.807) is 30.3 Å². The van der Waals surface area contributed by atoms with Crippen LogP contribution in [0.3, 0.4) is 0 Å². The lowest BCUT2D eigenvalue weighted by Crippen LogP contribution is -2.26. The van der Waals surface area contributed by atoms with Gasteiger partial charge in [0.25, 0.3) is 11.5 Å². The van der Waals surface area contributed by atoms with Gasteiger partial charge in [0.05, 0.1) is 19.9 Å². The number of nitrogens with zero attached hydrogens (tertiary/aromatic N) is 3. The molecule has 0 unspecified atom stereocenters. The monoisotopic (exact) mass is 352 g/mol. The average Bonchev–Trinajstić information content (AvgIpc) is 2.69. The van der Waals surface area contributed by atoms with Gasteiger partial charge in [-0.1, -0.05) is 0 Å². The molecule has 8 nitrogen and oxygen atoms in total. The Hall–Kier alpha value is -3.68. The van der Waals surface area contributed by atoms with E-state index in [4.69, 9.17) is 9.47 Å². The first-order valence-corrected chi connectivity index (χ1v) is 7.65. The molecule has 0 saturated carbocycles. The Bertz CT molecular complexity index is 986. The summed E-state index contributed by atoms with van der Waals surface area (Å²) in [6.07, 6.45) is 5.93. The fraction of sp³-hybridized carbons (Fsp3) is 0.111. The number of rotatable bonds is 5. The predicted molar refractivity (Wildman–Crippen MR) is 95.1 cm³/mol. The van der Waals surface area contributed by atoms with Crippen molar-refractivity contribution in [2.75, 3.05) is 19.5 Å². The molecule has 0 atom stereocenters. The number of pyridine rings is 1. The van der Waals surface area contributed by atoms with E-state index in [2.05, 4.69) is 15.3 Å². The van der Waals surface area contributed by atoms with E-state index in [0.29, 0.717) is 22.7 Å². The molecule has 1 aromatic carbocycles. The Morgan fingerprint density at radius 2 is 1.77 bits per heavy atom. The van der Waals surface area contributed by atoms with E-state index in [0.717, 1.165) is 0 Å². The lowest BCUT2D eigenvalue weighted by molar-refractivity contribution is 0.102. The third-order valence-corrected chi connectivity index (χ3v) is 3.66. The number of amides is 1. The molecule has 1 amide bonds. The number of anilines is 1. The van der Waals surface area contributed by atoms with Crippen molar-refractivity contribution in [3.63, 3.8) is 0 Å². The second-order valence-corrected chi connectivity index (χ2v) is 5.18. The Morgan fingerprint density at radius 3 is 2.46 bits per heavy atom. The van der Waals surface area contributed by atoms with E-state index in [1.807, 2.05) is 0 Å². The summed E-state index contributed by atoms with van der Waals surface area (Å²) in [4.78, 5) is 32.7. The number of carbonyl (C=O) groups excluding carboxylic acids is 1. The molecule has 2 heterocycles. The maximum Gasteiger partial charge on any atom is 0.298 e. The summed E-state index contributed by atoms with van der Waals surface area (Å²) in [5, 5.41) is 2.52. The Morgan fingerprint density at radius 1 is 1.04 bits per heavy atom. The van der Waals surface area contributed by atoms with Gasteiger partial charge in [-0.2, -0.15) is 0 Å². The van der Waals surface area contributed by atoms with Gasteiger partial charge in [0, 0.05) is 36.4 Å². The minimum atomic E-state index is -0.470. The van der Waals surface area contributed by atoms with Crippen LogP contribution in [-0.4, -0.2) is 34.7 Å². The molecule has 2 aromatic heterocycles. The van der Waals surface area contributed by atoms with Crippen LogP contribution in [0.2, 0.25) is 0 Å². The number of nitrogens with one attached hydrogen (secondary N) is 1. The van der Waals surface area contributed by atoms with Crippen LogP contribution in [0.25, 0.3) is 5.69 Å². The summed E-state index contributed by atoms with van der Waals surface area (Å²) in [5.74, 6) is 0.506. The Balaban J connectivity index is 1.95. The predicted octanol–water partition coefficient (Wildman–Crippen LogP) is 1.90. The van der Waals surface area contributed by atoms with Crippen molar-refractivity contribution < 1.29 is 14.3 Å². The van der Waals surface area contributed by atoms with Gasteiger partial charge in [0.15, 0.2) is 17.3 Å². The van der Waals surface area contributed by atoms with Crippen LogP contribution >= 0.6 is 0 Å². The molecule has 132 valence electrons. The van der Waals surface area contributed by atoms with Crippen LogP contribution in [0.1, 0.15) is 10.4 Å². The second-order valence-electron chi connectivity index (χ2n) is 5.18. The van der Waals surface area contributed by atoms with Gasteiger partial charge in [-0.05, 0) is 24.3 Å². The highest BCUT2D eigenvalue weighted by Gasteiger charge is 2.13. The highest BCUT2D eigenvalue weighted by Crippen LogP contribution is 2.28. The molecule has 0 bridgehead atoms. The van der Waals surface area contributed by atoms with E-state index in [1.165, 1.54) is 43.6 Å². The molecule has 0 saturated heterocycles. The van der Waals surface area contributed by atoms with Gasteiger partial charge in [0.1, 0.15) is 0 Å². The highest BCUT2D eigenvalue weighted by molar-refractivity contribution is 6.03. The first kappa shape index (κ1) is 17.2. The van der Waals surface area contributed by atoms with Crippen LogP contribution in [0.5, 0.6) is 11.5 Å². The van der Waals surface area contributed by atoms with Crippen LogP contribution in [0, 0.1) is 0 Å². The molecule has 0 spiro atoms. The summed E-state index contributed by atoms with van der Waals surface area (Å²) in [5.41, 5.74) is 0.458. The molecule has 0 aliphatic carbocycles. The van der Waals surface area contributed by atoms with E-state index < -0.39 is 11.5 Å². The summed E-state index contributed by atoms with van der Waals surface area (Å²) < 4.78 is 11.8. The smallest absolute Gasteiger partial charge is 0.298 e. The zero-order chi connectivity index (χ0) is 18.5. The number of hydrogen-bond donors (Lipinski definition) is 1. The van der Waals surface area contributed by atoms with Crippen LogP contribution in [0.15, 0.2) is 59.9 Å². The van der Waals surface area contributed by atoms with Gasteiger partial charge >= 0.3 is 0 Å². The number of carbonyl (C=O) groups is 1. The molecular weight excluding hydrogens is 336 g/mol. The number of methoxy groups -OCH3 is 2. The highest BCUT2D eigenvalue weighted by atomic mass is 16.5. The van der Waals surface area contributed by atoms with Crippen molar-refractivity contribution in [2.45, 2.75) is 0 Å². The Labute approximate surface area is 149 Å². The standard InChI is InChI=1S/C18H16N4O4/c1-25-14-4-3-13(11-15(14)26-2)22-10-9-20-16(18(22)24)21-17(23)12-5-7-19-8-6-12/h3-11H,1-2H3,(H,20,21,23). The van der Waals surface area contributed by atoms with E-state index in [9.17, 15) is 9.59 Å². The third-order valence-electron chi connectivity index (χ3n) is 3.66. The van der Waals surface area contributed by atoms with Crippen molar-refractivity contribution in [2.24, 2.45) is 0 Å². The molecule has 0 aliphatic heterocycles. The van der Waals surface area contributed by atoms with E-state index >= 15 is 0 Å². The zero-order valence-corrected chi connectivity index (χ0v) is 14.2. The van der Waals surface area contributed by atoms with Crippen LogP contribution < -0.4 is 20.3 Å². The maximum absolute atomic E-state index is 12.7. The molecule has 26 heavy (non-hydrogen) atoms. The molecule has 3 rings (SSSR count). The number of hydrogen-bond acceptors (Lipinski definition) is 6. The molecule has 8 heteroatoms. The molecule has 0 radical (unpaired) electrons. The van der Waals surface area contributed by atoms with Crippen molar-refractivity contribution in [3.05, 3.63) is 71.0 Å². The SMILES string of the molecule is COc1ccc(-n2ccnc(NC(=O)c3ccncc3)c2=O)cc1OC. The lowest BCUT2D eigenvalue weighted by atomic mass is 10.2. The second kappa shape index (κ2) is 7.47. The van der Waals surface area contributed by atoms with Gasteiger partial charge in [-0.15, -0.1) is 0 Å². The topological polar surface area (TPSA) is 95.3 Å². The number of aromatic nitrogens is 3. The minimum Gasteiger partial charge on any atom is -0.493 e. The molecule has 1 N–H and O–H groups in total. The third kappa shape index (κ3) is 3.39. The summed E-state index contributed by atoms with van der Waals surface area (Å²) in [6.45, 7) is 0.